The summed E-state index contributed by atoms with van der Waals surface area (Å²) in [6.45, 7) is 2.76. The Morgan fingerprint density at radius 3 is 2.35 bits per heavy atom. The third-order valence-electron chi connectivity index (χ3n) is 7.26. The third kappa shape index (κ3) is 3.60. The number of rotatable bonds is 5. The van der Waals surface area contributed by atoms with Crippen molar-refractivity contribution in [2.24, 2.45) is 5.14 Å². The molecule has 4 aromatic rings. The molecule has 6 rings (SSSR count). The van der Waals surface area contributed by atoms with Gasteiger partial charge in [0.25, 0.3) is 0 Å². The van der Waals surface area contributed by atoms with Crippen LogP contribution in [0.3, 0.4) is 0 Å². The van der Waals surface area contributed by atoms with Crippen molar-refractivity contribution in [2.45, 2.75) is 29.4 Å². The van der Waals surface area contributed by atoms with Crippen molar-refractivity contribution in [1.29, 1.82) is 0 Å². The fraction of sp³-hybridized carbons (Fsp3) is 0.360. The number of piperidine rings is 1. The van der Waals surface area contributed by atoms with Crippen molar-refractivity contribution in [1.82, 2.24) is 4.90 Å². The molecule has 0 amide bonds. The molecule has 0 bridgehead atoms. The maximum absolute atomic E-state index is 15.6. The zero-order valence-corrected chi connectivity index (χ0v) is 20.0. The Morgan fingerprint density at radius 2 is 1.71 bits per heavy atom. The topological polar surface area (TPSA) is 81.9 Å². The SMILES string of the molecule is NS(=O)(=O)c1ccc2ccc3ccc(OCC4(F)CCN(C5COC5)CC4)c4c(Cl)cc1c2c34. The van der Waals surface area contributed by atoms with Gasteiger partial charge in [-0.2, -0.15) is 0 Å². The van der Waals surface area contributed by atoms with E-state index >= 15 is 4.39 Å². The second-order valence-electron chi connectivity index (χ2n) is 9.38. The van der Waals surface area contributed by atoms with Crippen LogP contribution in [0.25, 0.3) is 32.3 Å². The summed E-state index contributed by atoms with van der Waals surface area (Å²) >= 11 is 6.69. The van der Waals surface area contributed by atoms with Crippen LogP contribution in [0.4, 0.5) is 4.39 Å². The zero-order valence-electron chi connectivity index (χ0n) is 18.4. The average Bonchev–Trinajstić information content (AvgIpc) is 2.76. The summed E-state index contributed by atoms with van der Waals surface area (Å²) in [4.78, 5) is 2.31. The molecule has 2 saturated heterocycles. The van der Waals surface area contributed by atoms with E-state index < -0.39 is 15.7 Å². The predicted octanol–water partition coefficient (Wildman–Crippen LogP) is 4.47. The molecular formula is C25H24ClFN2O4S. The summed E-state index contributed by atoms with van der Waals surface area (Å²) in [5, 5.41) is 10.2. The van der Waals surface area contributed by atoms with Gasteiger partial charge in [0, 0.05) is 29.2 Å². The van der Waals surface area contributed by atoms with Gasteiger partial charge < -0.3 is 9.47 Å². The van der Waals surface area contributed by atoms with E-state index in [4.69, 9.17) is 26.2 Å². The number of nitrogens with two attached hydrogens (primary N) is 1. The molecule has 4 aromatic carbocycles. The molecule has 0 spiro atoms. The highest BCUT2D eigenvalue weighted by molar-refractivity contribution is 7.89. The van der Waals surface area contributed by atoms with Crippen molar-refractivity contribution in [3.05, 3.63) is 47.5 Å². The molecule has 2 heterocycles. The lowest BCUT2D eigenvalue weighted by Crippen LogP contribution is -2.55. The number of nitrogens with zero attached hydrogens (tertiary/aromatic N) is 1. The van der Waals surface area contributed by atoms with Crippen molar-refractivity contribution >= 4 is 53.9 Å². The molecule has 2 fully saturated rings. The molecule has 34 heavy (non-hydrogen) atoms. The minimum absolute atomic E-state index is 0.0222. The minimum Gasteiger partial charge on any atom is -0.490 e. The molecule has 0 aromatic heterocycles. The smallest absolute Gasteiger partial charge is 0.238 e. The number of primary sulfonamides is 1. The number of halogens is 2. The molecule has 0 radical (unpaired) electrons. The van der Waals surface area contributed by atoms with Crippen LogP contribution in [0.15, 0.2) is 47.4 Å². The van der Waals surface area contributed by atoms with Crippen molar-refractivity contribution in [3.8, 4) is 5.75 Å². The summed E-state index contributed by atoms with van der Waals surface area (Å²) in [6, 6.07) is 12.8. The summed E-state index contributed by atoms with van der Waals surface area (Å²) in [6.07, 6.45) is 0.807. The first-order chi connectivity index (χ1) is 16.2. The van der Waals surface area contributed by atoms with E-state index in [0.29, 0.717) is 53.5 Å². The minimum atomic E-state index is -3.95. The van der Waals surface area contributed by atoms with E-state index in [2.05, 4.69) is 4.90 Å². The van der Waals surface area contributed by atoms with Crippen LogP contribution in [0.5, 0.6) is 5.75 Å². The maximum Gasteiger partial charge on any atom is 0.238 e. The van der Waals surface area contributed by atoms with Crippen LogP contribution >= 0.6 is 11.6 Å². The highest BCUT2D eigenvalue weighted by Crippen LogP contribution is 2.44. The fourth-order valence-corrected chi connectivity index (χ4v) is 6.27. The Kier molecular flexibility index (Phi) is 5.17. The van der Waals surface area contributed by atoms with Crippen LogP contribution in [-0.4, -0.2) is 57.9 Å². The normalized spacial score (nSPS) is 19.7. The Morgan fingerprint density at radius 1 is 1.06 bits per heavy atom. The predicted molar refractivity (Wildman–Crippen MR) is 131 cm³/mol. The average molecular weight is 503 g/mol. The van der Waals surface area contributed by atoms with Crippen molar-refractivity contribution in [3.63, 3.8) is 0 Å². The lowest BCUT2D eigenvalue weighted by molar-refractivity contribution is -0.0890. The van der Waals surface area contributed by atoms with E-state index in [0.717, 1.165) is 34.8 Å². The largest absolute Gasteiger partial charge is 0.490 e. The van der Waals surface area contributed by atoms with Crippen LogP contribution in [0, 0.1) is 0 Å². The molecule has 2 aliphatic heterocycles. The number of likely N-dealkylation sites (tertiary alicyclic amines) is 1. The first-order valence-corrected chi connectivity index (χ1v) is 13.2. The number of benzene rings is 4. The van der Waals surface area contributed by atoms with Gasteiger partial charge in [-0.3, -0.25) is 4.90 Å². The molecule has 0 atom stereocenters. The summed E-state index contributed by atoms with van der Waals surface area (Å²) in [5.74, 6) is 0.486. The van der Waals surface area contributed by atoms with Gasteiger partial charge in [0.2, 0.25) is 10.0 Å². The van der Waals surface area contributed by atoms with Crippen LogP contribution < -0.4 is 9.88 Å². The second kappa shape index (κ2) is 7.90. The lowest BCUT2D eigenvalue weighted by atomic mass is 9.92. The summed E-state index contributed by atoms with van der Waals surface area (Å²) < 4.78 is 51.4. The van der Waals surface area contributed by atoms with Gasteiger partial charge in [0.05, 0.1) is 29.2 Å². The Hall–Kier alpha value is -2.23. The first-order valence-electron chi connectivity index (χ1n) is 11.3. The van der Waals surface area contributed by atoms with Gasteiger partial charge in [0.1, 0.15) is 18.0 Å². The van der Waals surface area contributed by atoms with E-state index in [1.807, 2.05) is 18.2 Å². The van der Waals surface area contributed by atoms with Crippen LogP contribution in [-0.2, 0) is 14.8 Å². The Labute approximate surface area is 201 Å². The number of hydrogen-bond donors (Lipinski definition) is 1. The molecule has 2 N–H and O–H groups in total. The first kappa shape index (κ1) is 22.2. The van der Waals surface area contributed by atoms with Gasteiger partial charge >= 0.3 is 0 Å². The van der Waals surface area contributed by atoms with E-state index in [-0.39, 0.29) is 11.5 Å². The number of ether oxygens (including phenoxy) is 2. The number of hydrogen-bond acceptors (Lipinski definition) is 5. The van der Waals surface area contributed by atoms with Gasteiger partial charge in [0.15, 0.2) is 0 Å². The highest BCUT2D eigenvalue weighted by Gasteiger charge is 2.39. The molecule has 0 saturated carbocycles. The van der Waals surface area contributed by atoms with Crippen LogP contribution in [0.1, 0.15) is 12.8 Å². The monoisotopic (exact) mass is 502 g/mol. The highest BCUT2D eigenvalue weighted by atomic mass is 35.5. The van der Waals surface area contributed by atoms with Crippen LogP contribution in [0.2, 0.25) is 5.02 Å². The van der Waals surface area contributed by atoms with Crippen molar-refractivity contribution in [2.75, 3.05) is 32.9 Å². The van der Waals surface area contributed by atoms with E-state index in [1.54, 1.807) is 18.2 Å². The summed E-state index contributed by atoms with van der Waals surface area (Å²) in [7, 11) is -3.95. The maximum atomic E-state index is 15.6. The third-order valence-corrected chi connectivity index (χ3v) is 8.53. The van der Waals surface area contributed by atoms with E-state index in [9.17, 15) is 8.42 Å². The summed E-state index contributed by atoms with van der Waals surface area (Å²) in [5.41, 5.74) is -1.42. The van der Waals surface area contributed by atoms with Gasteiger partial charge in [-0.25, -0.2) is 17.9 Å². The van der Waals surface area contributed by atoms with Gasteiger partial charge in [-0.05, 0) is 47.2 Å². The Balaban J connectivity index is 1.38. The molecule has 2 aliphatic rings. The number of alkyl halides is 1. The quantitative estimate of drug-likeness (QED) is 0.407. The Bertz CT molecular complexity index is 1510. The fourth-order valence-electron chi connectivity index (χ4n) is 5.25. The van der Waals surface area contributed by atoms with E-state index in [1.165, 1.54) is 6.07 Å². The lowest BCUT2D eigenvalue weighted by Gasteiger charge is -2.43. The second-order valence-corrected chi connectivity index (χ2v) is 11.3. The van der Waals surface area contributed by atoms with Gasteiger partial charge in [-0.1, -0.05) is 35.9 Å². The number of sulfonamides is 1. The molecular weight excluding hydrogens is 479 g/mol. The molecule has 178 valence electrons. The molecule has 9 heteroatoms. The van der Waals surface area contributed by atoms with Crippen molar-refractivity contribution < 1.29 is 22.3 Å². The standard InChI is InChI=1S/C25H24ClFN2O4S/c26-19-11-18-21(34(28,30)31)6-4-15-1-2-16-3-5-20(24(19)23(16)22(15)18)33-14-25(27)7-9-29(10-8-25)17-12-32-13-17/h1-6,11,17H,7-10,12-14H2,(H2,28,30,31). The zero-order chi connectivity index (χ0) is 23.7. The molecule has 6 nitrogen and oxygen atoms in total. The molecule has 0 unspecified atom stereocenters. The molecule has 0 aliphatic carbocycles. The van der Waals surface area contributed by atoms with Gasteiger partial charge in [-0.15, -0.1) is 0 Å².